The quantitative estimate of drug-likeness (QED) is 0.830. The van der Waals surface area contributed by atoms with Gasteiger partial charge in [-0.25, -0.2) is 0 Å². The van der Waals surface area contributed by atoms with E-state index in [1.54, 1.807) is 0 Å². The number of hydrogen-bond donors (Lipinski definition) is 1. The molecule has 2 aliphatic carbocycles. The van der Waals surface area contributed by atoms with Gasteiger partial charge in [-0.1, -0.05) is 12.2 Å². The van der Waals surface area contributed by atoms with Crippen LogP contribution in [0.4, 0.5) is 0 Å². The van der Waals surface area contributed by atoms with E-state index in [2.05, 4.69) is 17.5 Å². The normalized spacial score (nSPS) is 27.3. The fourth-order valence-electron chi connectivity index (χ4n) is 3.86. The number of ether oxygens (including phenoxy) is 3. The predicted octanol–water partition coefficient (Wildman–Crippen LogP) is 3.58. The summed E-state index contributed by atoms with van der Waals surface area (Å²) in [5.41, 5.74) is 0. The van der Waals surface area contributed by atoms with Crippen LogP contribution in [-0.4, -0.2) is 24.8 Å². The van der Waals surface area contributed by atoms with Gasteiger partial charge in [0.05, 0.1) is 6.10 Å². The lowest BCUT2D eigenvalue weighted by Crippen LogP contribution is -2.40. The first-order valence-electron chi connectivity index (χ1n) is 9.28. The van der Waals surface area contributed by atoms with Crippen LogP contribution in [0.3, 0.4) is 0 Å². The van der Waals surface area contributed by atoms with Crippen LogP contribution in [0.25, 0.3) is 0 Å². The number of hydrogen-bond acceptors (Lipinski definition) is 4. The summed E-state index contributed by atoms with van der Waals surface area (Å²) in [6, 6.07) is 6.00. The third-order valence-electron chi connectivity index (χ3n) is 5.25. The molecule has 1 fully saturated rings. The number of nitrogens with one attached hydrogen (secondary N) is 1. The molecule has 1 saturated carbocycles. The first kappa shape index (κ1) is 16.3. The molecule has 25 heavy (non-hydrogen) atoms. The smallest absolute Gasteiger partial charge is 0.231 e. The highest BCUT2D eigenvalue weighted by molar-refractivity contribution is 5.76. The number of amides is 1. The Hall–Kier alpha value is -2.17. The van der Waals surface area contributed by atoms with E-state index in [-0.39, 0.29) is 24.8 Å². The van der Waals surface area contributed by atoms with Crippen molar-refractivity contribution in [2.75, 3.05) is 6.79 Å². The standard InChI is InChI=1S/C20H25NO4/c22-20(11-14-3-1-2-4-14)21-15-5-7-16(8-6-15)25-17-9-10-18-19(12-17)24-13-23-18/h1,3,9-10,12,14-16H,2,4-8,11,13H2,(H,21,22). The molecule has 4 rings (SSSR count). The molecule has 1 aliphatic heterocycles. The number of fused-ring (bicyclic) bond motifs is 1. The SMILES string of the molecule is O=C(CC1C=CCC1)NC1CCC(Oc2ccc3c(c2)OCO3)CC1. The fraction of sp³-hybridized carbons (Fsp3) is 0.550. The van der Waals surface area contributed by atoms with Gasteiger partial charge in [-0.3, -0.25) is 4.79 Å². The lowest BCUT2D eigenvalue weighted by Gasteiger charge is -2.29. The van der Waals surface area contributed by atoms with Gasteiger partial charge in [-0.2, -0.15) is 0 Å². The molecule has 0 spiro atoms. The summed E-state index contributed by atoms with van der Waals surface area (Å²) in [4.78, 5) is 12.1. The molecule has 0 radical (unpaired) electrons. The van der Waals surface area contributed by atoms with Crippen molar-refractivity contribution < 1.29 is 19.0 Å². The van der Waals surface area contributed by atoms with Gasteiger partial charge in [-0.15, -0.1) is 0 Å². The zero-order valence-electron chi connectivity index (χ0n) is 14.4. The van der Waals surface area contributed by atoms with Crippen molar-refractivity contribution in [3.63, 3.8) is 0 Å². The molecule has 1 aromatic carbocycles. The van der Waals surface area contributed by atoms with Gasteiger partial charge in [0.1, 0.15) is 5.75 Å². The molecule has 1 N–H and O–H groups in total. The van der Waals surface area contributed by atoms with Crippen LogP contribution in [0.1, 0.15) is 44.9 Å². The molecule has 0 bridgehead atoms. The Balaban J connectivity index is 1.21. The second kappa shape index (κ2) is 7.38. The molecule has 1 atom stereocenters. The summed E-state index contributed by atoms with van der Waals surface area (Å²) in [5, 5.41) is 3.20. The van der Waals surface area contributed by atoms with Crippen molar-refractivity contribution >= 4 is 5.91 Å². The Morgan fingerprint density at radius 2 is 1.96 bits per heavy atom. The first-order chi connectivity index (χ1) is 12.3. The molecule has 0 saturated heterocycles. The summed E-state index contributed by atoms with van der Waals surface area (Å²) in [5.74, 6) is 2.97. The lowest BCUT2D eigenvalue weighted by atomic mass is 9.92. The maximum Gasteiger partial charge on any atom is 0.231 e. The van der Waals surface area contributed by atoms with E-state index >= 15 is 0 Å². The van der Waals surface area contributed by atoms with Gasteiger partial charge in [0.15, 0.2) is 11.5 Å². The summed E-state index contributed by atoms with van der Waals surface area (Å²) >= 11 is 0. The molecule has 1 unspecified atom stereocenters. The molecular formula is C20H25NO4. The second-order valence-corrected chi connectivity index (χ2v) is 7.14. The average molecular weight is 343 g/mol. The Labute approximate surface area is 148 Å². The Morgan fingerprint density at radius 3 is 2.76 bits per heavy atom. The molecule has 1 heterocycles. The molecule has 3 aliphatic rings. The molecule has 1 aromatic rings. The molecular weight excluding hydrogens is 318 g/mol. The van der Waals surface area contributed by atoms with Crippen LogP contribution in [0.2, 0.25) is 0 Å². The topological polar surface area (TPSA) is 56.8 Å². The van der Waals surface area contributed by atoms with E-state index in [9.17, 15) is 4.79 Å². The van der Waals surface area contributed by atoms with Crippen molar-refractivity contribution in [2.45, 2.75) is 57.1 Å². The fourth-order valence-corrected chi connectivity index (χ4v) is 3.86. The minimum atomic E-state index is 0.191. The van der Waals surface area contributed by atoms with Gasteiger partial charge < -0.3 is 19.5 Å². The van der Waals surface area contributed by atoms with Crippen LogP contribution in [0.5, 0.6) is 17.2 Å². The summed E-state index contributed by atoms with van der Waals surface area (Å²) < 4.78 is 16.8. The Kier molecular flexibility index (Phi) is 4.81. The van der Waals surface area contributed by atoms with E-state index in [0.29, 0.717) is 12.3 Å². The summed E-state index contributed by atoms with van der Waals surface area (Å²) in [7, 11) is 0. The average Bonchev–Trinajstić information content (AvgIpc) is 3.27. The van der Waals surface area contributed by atoms with E-state index < -0.39 is 0 Å². The van der Waals surface area contributed by atoms with Crippen molar-refractivity contribution in [2.24, 2.45) is 5.92 Å². The van der Waals surface area contributed by atoms with E-state index in [0.717, 1.165) is 55.8 Å². The zero-order valence-corrected chi connectivity index (χ0v) is 14.4. The lowest BCUT2D eigenvalue weighted by molar-refractivity contribution is -0.122. The summed E-state index contributed by atoms with van der Waals surface area (Å²) in [6.45, 7) is 0.278. The van der Waals surface area contributed by atoms with Crippen LogP contribution in [-0.2, 0) is 4.79 Å². The number of allylic oxidation sites excluding steroid dienone is 2. The third kappa shape index (κ3) is 4.09. The van der Waals surface area contributed by atoms with E-state index in [1.807, 2.05) is 18.2 Å². The Bertz CT molecular complexity index is 649. The van der Waals surface area contributed by atoms with Crippen LogP contribution >= 0.6 is 0 Å². The summed E-state index contributed by atoms with van der Waals surface area (Å²) in [6.07, 6.45) is 11.3. The van der Waals surface area contributed by atoms with Gasteiger partial charge in [0.25, 0.3) is 0 Å². The number of rotatable bonds is 5. The van der Waals surface area contributed by atoms with E-state index in [1.165, 1.54) is 0 Å². The van der Waals surface area contributed by atoms with Crippen LogP contribution < -0.4 is 19.5 Å². The molecule has 134 valence electrons. The highest BCUT2D eigenvalue weighted by Crippen LogP contribution is 2.36. The van der Waals surface area contributed by atoms with Crippen LogP contribution in [0, 0.1) is 5.92 Å². The Morgan fingerprint density at radius 1 is 1.12 bits per heavy atom. The van der Waals surface area contributed by atoms with Crippen LogP contribution in [0.15, 0.2) is 30.4 Å². The molecule has 0 aromatic heterocycles. The van der Waals surface area contributed by atoms with Crippen molar-refractivity contribution in [3.05, 3.63) is 30.4 Å². The highest BCUT2D eigenvalue weighted by atomic mass is 16.7. The largest absolute Gasteiger partial charge is 0.490 e. The molecule has 1 amide bonds. The van der Waals surface area contributed by atoms with Gasteiger partial charge in [0.2, 0.25) is 12.7 Å². The number of carbonyl (C=O) groups is 1. The zero-order chi connectivity index (χ0) is 17.1. The molecule has 5 nitrogen and oxygen atoms in total. The third-order valence-corrected chi connectivity index (χ3v) is 5.25. The molecule has 5 heteroatoms. The van der Waals surface area contributed by atoms with Gasteiger partial charge in [-0.05, 0) is 56.6 Å². The second-order valence-electron chi connectivity index (χ2n) is 7.14. The van der Waals surface area contributed by atoms with Gasteiger partial charge in [0, 0.05) is 18.5 Å². The van der Waals surface area contributed by atoms with E-state index in [4.69, 9.17) is 14.2 Å². The van der Waals surface area contributed by atoms with Gasteiger partial charge >= 0.3 is 0 Å². The van der Waals surface area contributed by atoms with Crippen molar-refractivity contribution in [3.8, 4) is 17.2 Å². The van der Waals surface area contributed by atoms with Crippen molar-refractivity contribution in [1.82, 2.24) is 5.32 Å². The predicted molar refractivity (Wildman–Crippen MR) is 93.9 cm³/mol. The maximum absolute atomic E-state index is 12.1. The first-order valence-corrected chi connectivity index (χ1v) is 9.28. The number of benzene rings is 1. The van der Waals surface area contributed by atoms with Crippen molar-refractivity contribution in [1.29, 1.82) is 0 Å². The number of carbonyl (C=O) groups excluding carboxylic acids is 1. The maximum atomic E-state index is 12.1. The minimum absolute atomic E-state index is 0.191. The highest BCUT2D eigenvalue weighted by Gasteiger charge is 2.25. The minimum Gasteiger partial charge on any atom is -0.490 e. The monoisotopic (exact) mass is 343 g/mol.